The smallest absolute Gasteiger partial charge is 0.347 e. The van der Waals surface area contributed by atoms with Crippen molar-refractivity contribution in [1.82, 2.24) is 0 Å². The van der Waals surface area contributed by atoms with Crippen LogP contribution in [0.4, 0.5) is 0 Å². The maximum atomic E-state index is 12.4. The molecule has 0 atom stereocenters. The number of thiophene rings is 1. The van der Waals surface area contributed by atoms with Crippen molar-refractivity contribution in [2.75, 3.05) is 0 Å². The van der Waals surface area contributed by atoms with E-state index in [2.05, 4.69) is 0 Å². The van der Waals surface area contributed by atoms with Gasteiger partial charge in [-0.25, -0.2) is 9.59 Å². The molecule has 0 unspecified atom stereocenters. The van der Waals surface area contributed by atoms with Gasteiger partial charge in [-0.05, 0) is 43.4 Å². The molecule has 1 heterocycles. The van der Waals surface area contributed by atoms with E-state index in [4.69, 9.17) is 10.5 Å². The summed E-state index contributed by atoms with van der Waals surface area (Å²) in [6.45, 7) is 0. The molecule has 6 heteroatoms. The lowest BCUT2D eigenvalue weighted by atomic mass is 9.95. The molecule has 23 heavy (non-hydrogen) atoms. The molecule has 1 amide bonds. The van der Waals surface area contributed by atoms with Crippen LogP contribution >= 0.6 is 11.3 Å². The zero-order valence-corrected chi connectivity index (χ0v) is 13.2. The number of benzene rings is 1. The van der Waals surface area contributed by atoms with E-state index < -0.39 is 17.8 Å². The van der Waals surface area contributed by atoms with Crippen LogP contribution in [-0.4, -0.2) is 17.8 Å². The van der Waals surface area contributed by atoms with Gasteiger partial charge in [0, 0.05) is 4.88 Å². The molecule has 0 aliphatic heterocycles. The number of nitrogens with two attached hydrogens (primary N) is 1. The zero-order chi connectivity index (χ0) is 16.4. The first-order chi connectivity index (χ1) is 11.1. The Bertz CT molecular complexity index is 779. The van der Waals surface area contributed by atoms with Crippen LogP contribution in [0.5, 0.6) is 0 Å². The van der Waals surface area contributed by atoms with Gasteiger partial charge in [0.05, 0.1) is 11.1 Å². The Hall–Kier alpha value is -2.47. The first-order valence-electron chi connectivity index (χ1n) is 7.34. The summed E-state index contributed by atoms with van der Waals surface area (Å²) >= 11 is 1.23. The van der Waals surface area contributed by atoms with Crippen molar-refractivity contribution in [3.05, 3.63) is 56.8 Å². The quantitative estimate of drug-likeness (QED) is 0.693. The maximum Gasteiger partial charge on any atom is 0.347 e. The predicted molar refractivity (Wildman–Crippen MR) is 85.7 cm³/mol. The standard InChI is InChI=1S/C17H15NO4S/c18-15(19)14-13(11-8-4-5-9-12(11)23-14)17(21)22-16(20)10-6-2-1-3-7-10/h1-3,6-7H,4-5,8-9H2,(H2,18,19). The molecule has 1 aromatic carbocycles. The number of ether oxygens (including phenoxy) is 1. The highest BCUT2D eigenvalue weighted by Gasteiger charge is 2.30. The monoisotopic (exact) mass is 329 g/mol. The molecule has 1 aliphatic carbocycles. The molecule has 2 aromatic rings. The van der Waals surface area contributed by atoms with Crippen LogP contribution in [0.2, 0.25) is 0 Å². The molecule has 2 N–H and O–H groups in total. The topological polar surface area (TPSA) is 86.5 Å². The van der Waals surface area contributed by atoms with E-state index in [0.29, 0.717) is 6.42 Å². The minimum Gasteiger partial charge on any atom is -0.386 e. The number of carbonyl (C=O) groups excluding carboxylic acids is 3. The van der Waals surface area contributed by atoms with Gasteiger partial charge in [0.1, 0.15) is 4.88 Å². The van der Waals surface area contributed by atoms with E-state index in [1.165, 1.54) is 11.3 Å². The number of hydrogen-bond acceptors (Lipinski definition) is 5. The second-order valence-corrected chi connectivity index (χ2v) is 6.43. The van der Waals surface area contributed by atoms with Gasteiger partial charge in [-0.3, -0.25) is 4.79 Å². The van der Waals surface area contributed by atoms with Gasteiger partial charge < -0.3 is 10.5 Å². The van der Waals surface area contributed by atoms with Crippen molar-refractivity contribution in [3.8, 4) is 0 Å². The van der Waals surface area contributed by atoms with Crippen molar-refractivity contribution in [3.63, 3.8) is 0 Å². The molecule has 1 aromatic heterocycles. The summed E-state index contributed by atoms with van der Waals surface area (Å²) in [6, 6.07) is 8.26. The molecule has 5 nitrogen and oxygen atoms in total. The van der Waals surface area contributed by atoms with Crippen LogP contribution in [0, 0.1) is 0 Å². The largest absolute Gasteiger partial charge is 0.386 e. The molecule has 0 bridgehead atoms. The van der Waals surface area contributed by atoms with Crippen molar-refractivity contribution < 1.29 is 19.1 Å². The number of amides is 1. The number of rotatable bonds is 3. The van der Waals surface area contributed by atoms with E-state index in [1.807, 2.05) is 0 Å². The van der Waals surface area contributed by atoms with Crippen LogP contribution in [0.3, 0.4) is 0 Å². The lowest BCUT2D eigenvalue weighted by molar-refractivity contribution is 0.0395. The number of esters is 2. The Balaban J connectivity index is 1.91. The maximum absolute atomic E-state index is 12.4. The van der Waals surface area contributed by atoms with Gasteiger partial charge in [-0.1, -0.05) is 18.2 Å². The molecule has 0 fully saturated rings. The highest BCUT2D eigenvalue weighted by atomic mass is 32.1. The fourth-order valence-electron chi connectivity index (χ4n) is 2.72. The summed E-state index contributed by atoms with van der Waals surface area (Å²) < 4.78 is 4.96. The molecule has 0 saturated heterocycles. The summed E-state index contributed by atoms with van der Waals surface area (Å²) in [4.78, 5) is 37.3. The Morgan fingerprint density at radius 1 is 1.00 bits per heavy atom. The van der Waals surface area contributed by atoms with Crippen LogP contribution < -0.4 is 5.73 Å². The number of primary amides is 1. The second kappa shape index (κ2) is 6.34. The van der Waals surface area contributed by atoms with E-state index in [1.54, 1.807) is 30.3 Å². The zero-order valence-electron chi connectivity index (χ0n) is 12.3. The third kappa shape index (κ3) is 3.03. The van der Waals surface area contributed by atoms with E-state index in [0.717, 1.165) is 29.7 Å². The fraction of sp³-hybridized carbons (Fsp3) is 0.235. The second-order valence-electron chi connectivity index (χ2n) is 5.32. The number of fused-ring (bicyclic) bond motifs is 1. The minimum atomic E-state index is -0.799. The molecule has 1 aliphatic rings. The van der Waals surface area contributed by atoms with Crippen LogP contribution in [0.15, 0.2) is 30.3 Å². The third-order valence-corrected chi connectivity index (χ3v) is 5.10. The number of aryl methyl sites for hydroxylation is 1. The van der Waals surface area contributed by atoms with Gasteiger partial charge in [-0.2, -0.15) is 0 Å². The van der Waals surface area contributed by atoms with Gasteiger partial charge in [0.15, 0.2) is 0 Å². The van der Waals surface area contributed by atoms with Crippen LogP contribution in [0.25, 0.3) is 0 Å². The van der Waals surface area contributed by atoms with Gasteiger partial charge in [0.2, 0.25) is 0 Å². The van der Waals surface area contributed by atoms with Gasteiger partial charge >= 0.3 is 11.9 Å². The van der Waals surface area contributed by atoms with E-state index >= 15 is 0 Å². The van der Waals surface area contributed by atoms with Crippen molar-refractivity contribution in [2.24, 2.45) is 5.73 Å². The van der Waals surface area contributed by atoms with Gasteiger partial charge in [-0.15, -0.1) is 11.3 Å². The summed E-state index contributed by atoms with van der Waals surface area (Å²) in [5.74, 6) is -2.20. The highest BCUT2D eigenvalue weighted by Crippen LogP contribution is 2.34. The molecular weight excluding hydrogens is 314 g/mol. The Morgan fingerprint density at radius 2 is 1.70 bits per heavy atom. The van der Waals surface area contributed by atoms with Crippen molar-refractivity contribution in [2.45, 2.75) is 25.7 Å². The first kappa shape index (κ1) is 15.4. The van der Waals surface area contributed by atoms with E-state index in [9.17, 15) is 14.4 Å². The third-order valence-electron chi connectivity index (χ3n) is 3.79. The first-order valence-corrected chi connectivity index (χ1v) is 8.15. The molecule has 0 spiro atoms. The SMILES string of the molecule is NC(=O)c1sc2c(c1C(=O)OC(=O)c1ccccc1)CCCC2. The predicted octanol–water partition coefficient (Wildman–Crippen LogP) is 2.72. The van der Waals surface area contributed by atoms with E-state index in [-0.39, 0.29) is 16.0 Å². The lowest BCUT2D eigenvalue weighted by Crippen LogP contribution is -2.19. The van der Waals surface area contributed by atoms with Gasteiger partial charge in [0.25, 0.3) is 5.91 Å². The number of carbonyl (C=O) groups is 3. The highest BCUT2D eigenvalue weighted by molar-refractivity contribution is 7.14. The van der Waals surface area contributed by atoms with Crippen LogP contribution in [0.1, 0.15) is 53.7 Å². The van der Waals surface area contributed by atoms with Crippen molar-refractivity contribution >= 4 is 29.2 Å². The summed E-state index contributed by atoms with van der Waals surface area (Å²) in [5.41, 5.74) is 6.64. The minimum absolute atomic E-state index is 0.168. The van der Waals surface area contributed by atoms with Crippen molar-refractivity contribution in [1.29, 1.82) is 0 Å². The Labute approximate surface area is 137 Å². The molecule has 0 saturated carbocycles. The fourth-order valence-corrected chi connectivity index (χ4v) is 3.95. The summed E-state index contributed by atoms with van der Waals surface area (Å²) in [7, 11) is 0. The molecule has 0 radical (unpaired) electrons. The van der Waals surface area contributed by atoms with Crippen LogP contribution in [-0.2, 0) is 17.6 Å². The Kier molecular flexibility index (Phi) is 4.25. The summed E-state index contributed by atoms with van der Waals surface area (Å²) in [5, 5.41) is 0. The average molecular weight is 329 g/mol. The molecule has 3 rings (SSSR count). The molecule has 118 valence electrons. The molecular formula is C17H15NO4S. The normalized spacial score (nSPS) is 13.2. The average Bonchev–Trinajstić information content (AvgIpc) is 2.95. The number of hydrogen-bond donors (Lipinski definition) is 1. The Morgan fingerprint density at radius 3 is 2.39 bits per heavy atom. The lowest BCUT2D eigenvalue weighted by Gasteiger charge is -2.12. The summed E-state index contributed by atoms with van der Waals surface area (Å²) in [6.07, 6.45) is 3.47.